The molecule has 21 heavy (non-hydrogen) atoms. The second kappa shape index (κ2) is 6.15. The average molecular weight is 305 g/mol. The largest absolute Gasteiger partial charge is 0.393 e. The molecule has 2 N–H and O–H groups in total. The van der Waals surface area contributed by atoms with Crippen molar-refractivity contribution < 1.29 is 23.4 Å². The minimum Gasteiger partial charge on any atom is -0.393 e. The summed E-state index contributed by atoms with van der Waals surface area (Å²) >= 11 is 0. The maximum Gasteiger partial charge on any atom is 0.389 e. The zero-order valence-electron chi connectivity index (χ0n) is 11.5. The number of rotatable bonds is 4. The van der Waals surface area contributed by atoms with E-state index in [1.54, 1.807) is 4.90 Å². The molecule has 5 nitrogen and oxygen atoms in total. The van der Waals surface area contributed by atoms with Crippen LogP contribution in [0.4, 0.5) is 19.1 Å². The number of anilines is 1. The molecule has 1 aliphatic rings. The second-order valence-electron chi connectivity index (χ2n) is 5.33. The van der Waals surface area contributed by atoms with Crippen LogP contribution in [0.1, 0.15) is 25.0 Å². The Morgan fingerprint density at radius 2 is 1.95 bits per heavy atom. The van der Waals surface area contributed by atoms with Crippen molar-refractivity contribution in [3.8, 4) is 0 Å². The molecule has 0 atom stereocenters. The lowest BCUT2D eigenvalue weighted by Crippen LogP contribution is -2.47. The molecule has 0 aromatic carbocycles. The van der Waals surface area contributed by atoms with Gasteiger partial charge < -0.3 is 15.1 Å². The van der Waals surface area contributed by atoms with E-state index in [-0.39, 0.29) is 13.0 Å². The Morgan fingerprint density at radius 1 is 1.29 bits per heavy atom. The lowest BCUT2D eigenvalue weighted by molar-refractivity contribution is -0.134. The minimum absolute atomic E-state index is 0.173. The van der Waals surface area contributed by atoms with Crippen LogP contribution >= 0.6 is 0 Å². The summed E-state index contributed by atoms with van der Waals surface area (Å²) in [6.07, 6.45) is -3.09. The van der Waals surface area contributed by atoms with E-state index in [0.29, 0.717) is 37.6 Å². The van der Waals surface area contributed by atoms with Gasteiger partial charge in [0.25, 0.3) is 0 Å². The molecule has 2 rings (SSSR count). The molecule has 0 amide bonds. The van der Waals surface area contributed by atoms with Crippen molar-refractivity contribution in [3.63, 3.8) is 0 Å². The van der Waals surface area contributed by atoms with E-state index in [1.807, 2.05) is 0 Å². The molecule has 0 radical (unpaired) electrons. The van der Waals surface area contributed by atoms with Gasteiger partial charge in [0.05, 0.1) is 12.2 Å². The Bertz CT molecular complexity index is 474. The van der Waals surface area contributed by atoms with Gasteiger partial charge in [-0.3, -0.25) is 0 Å². The highest BCUT2D eigenvalue weighted by Gasteiger charge is 2.32. The van der Waals surface area contributed by atoms with Gasteiger partial charge in [-0.1, -0.05) is 0 Å². The van der Waals surface area contributed by atoms with E-state index in [2.05, 4.69) is 9.97 Å². The predicted octanol–water partition coefficient (Wildman–Crippen LogP) is 1.30. The van der Waals surface area contributed by atoms with Gasteiger partial charge in [-0.05, 0) is 25.3 Å². The fourth-order valence-corrected chi connectivity index (χ4v) is 2.23. The van der Waals surface area contributed by atoms with Gasteiger partial charge in [0.1, 0.15) is 0 Å². The quantitative estimate of drug-likeness (QED) is 0.877. The minimum atomic E-state index is -4.20. The number of hydrogen-bond acceptors (Lipinski definition) is 5. The molecule has 1 aromatic rings. The first-order chi connectivity index (χ1) is 9.81. The highest BCUT2D eigenvalue weighted by molar-refractivity contribution is 5.31. The maximum atomic E-state index is 12.2. The van der Waals surface area contributed by atoms with E-state index >= 15 is 0 Å². The SMILES string of the molecule is OCC1(O)CCN(c2nccc(CCC(F)(F)F)n2)CC1. The van der Waals surface area contributed by atoms with E-state index in [4.69, 9.17) is 5.11 Å². The molecule has 0 saturated carbocycles. The topological polar surface area (TPSA) is 69.5 Å². The molecule has 0 aliphatic carbocycles. The maximum absolute atomic E-state index is 12.2. The number of aliphatic hydroxyl groups is 2. The Morgan fingerprint density at radius 3 is 2.52 bits per heavy atom. The van der Waals surface area contributed by atoms with Crippen molar-refractivity contribution in [1.82, 2.24) is 9.97 Å². The van der Waals surface area contributed by atoms with Crippen LogP contribution in [0.25, 0.3) is 0 Å². The molecule has 118 valence electrons. The normalized spacial score (nSPS) is 18.8. The van der Waals surface area contributed by atoms with Crippen molar-refractivity contribution in [2.75, 3.05) is 24.6 Å². The summed E-state index contributed by atoms with van der Waals surface area (Å²) in [5.74, 6) is 0.370. The van der Waals surface area contributed by atoms with Gasteiger partial charge in [0.2, 0.25) is 5.95 Å². The van der Waals surface area contributed by atoms with Crippen LogP contribution in [-0.4, -0.2) is 51.7 Å². The first-order valence-corrected chi connectivity index (χ1v) is 6.78. The Labute approximate surface area is 120 Å². The summed E-state index contributed by atoms with van der Waals surface area (Å²) in [7, 11) is 0. The molecule has 2 heterocycles. The Hall–Kier alpha value is -1.41. The van der Waals surface area contributed by atoms with E-state index in [9.17, 15) is 18.3 Å². The van der Waals surface area contributed by atoms with Gasteiger partial charge in [-0.15, -0.1) is 0 Å². The molecule has 1 aliphatic heterocycles. The van der Waals surface area contributed by atoms with Crippen LogP contribution in [-0.2, 0) is 6.42 Å². The Kier molecular flexibility index (Phi) is 4.67. The average Bonchev–Trinajstić information content (AvgIpc) is 2.46. The molecular weight excluding hydrogens is 287 g/mol. The standard InChI is InChI=1S/C13H18F3N3O2/c14-13(15,16)3-1-10-2-6-17-11(18-10)19-7-4-12(21,9-20)5-8-19/h2,6,20-21H,1,3-5,7-9H2. The summed E-state index contributed by atoms with van der Waals surface area (Å²) in [6.45, 7) is 0.618. The van der Waals surface area contributed by atoms with Crippen LogP contribution in [0.2, 0.25) is 0 Å². The smallest absolute Gasteiger partial charge is 0.389 e. The lowest BCUT2D eigenvalue weighted by atomic mass is 9.93. The first-order valence-electron chi connectivity index (χ1n) is 6.78. The lowest BCUT2D eigenvalue weighted by Gasteiger charge is -2.37. The fraction of sp³-hybridized carbons (Fsp3) is 0.692. The zero-order valence-corrected chi connectivity index (χ0v) is 11.5. The third kappa shape index (κ3) is 4.53. The molecular formula is C13H18F3N3O2. The highest BCUT2D eigenvalue weighted by atomic mass is 19.4. The number of aromatic nitrogens is 2. The van der Waals surface area contributed by atoms with Crippen molar-refractivity contribution >= 4 is 5.95 Å². The summed E-state index contributed by atoms with van der Waals surface area (Å²) < 4.78 is 36.6. The van der Waals surface area contributed by atoms with Crippen LogP contribution in [0.15, 0.2) is 12.3 Å². The molecule has 8 heteroatoms. The van der Waals surface area contributed by atoms with Gasteiger partial charge >= 0.3 is 6.18 Å². The summed E-state index contributed by atoms with van der Waals surface area (Å²) in [4.78, 5) is 10.0. The molecule has 0 spiro atoms. The van der Waals surface area contributed by atoms with Crippen molar-refractivity contribution in [2.45, 2.75) is 37.5 Å². The van der Waals surface area contributed by atoms with E-state index in [0.717, 1.165) is 0 Å². The Balaban J connectivity index is 1.98. The summed E-state index contributed by atoms with van der Waals surface area (Å²) in [6, 6.07) is 1.48. The third-order valence-electron chi connectivity index (χ3n) is 3.64. The number of halogens is 3. The van der Waals surface area contributed by atoms with Gasteiger partial charge in [0.15, 0.2) is 0 Å². The van der Waals surface area contributed by atoms with E-state index < -0.39 is 18.2 Å². The second-order valence-corrected chi connectivity index (χ2v) is 5.33. The number of nitrogens with zero attached hydrogens (tertiary/aromatic N) is 3. The fourth-order valence-electron chi connectivity index (χ4n) is 2.23. The number of hydrogen-bond donors (Lipinski definition) is 2. The summed E-state index contributed by atoms with van der Waals surface area (Å²) in [5.41, 5.74) is -0.731. The predicted molar refractivity (Wildman–Crippen MR) is 69.9 cm³/mol. The molecule has 1 saturated heterocycles. The monoisotopic (exact) mass is 305 g/mol. The van der Waals surface area contributed by atoms with Crippen LogP contribution in [0.5, 0.6) is 0 Å². The highest BCUT2D eigenvalue weighted by Crippen LogP contribution is 2.25. The summed E-state index contributed by atoms with van der Waals surface area (Å²) in [5, 5.41) is 19.0. The number of aryl methyl sites for hydroxylation is 1. The molecule has 0 unspecified atom stereocenters. The molecule has 0 bridgehead atoms. The molecule has 1 aromatic heterocycles. The van der Waals surface area contributed by atoms with Crippen molar-refractivity contribution in [1.29, 1.82) is 0 Å². The van der Waals surface area contributed by atoms with Gasteiger partial charge in [-0.2, -0.15) is 13.2 Å². The molecule has 1 fully saturated rings. The van der Waals surface area contributed by atoms with Crippen LogP contribution in [0.3, 0.4) is 0 Å². The van der Waals surface area contributed by atoms with Gasteiger partial charge in [-0.25, -0.2) is 9.97 Å². The van der Waals surface area contributed by atoms with Crippen LogP contribution < -0.4 is 4.90 Å². The van der Waals surface area contributed by atoms with E-state index in [1.165, 1.54) is 12.3 Å². The third-order valence-corrected chi connectivity index (χ3v) is 3.64. The first kappa shape index (κ1) is 16.0. The number of aliphatic hydroxyl groups excluding tert-OH is 1. The van der Waals surface area contributed by atoms with Crippen molar-refractivity contribution in [3.05, 3.63) is 18.0 Å². The number of piperidine rings is 1. The number of alkyl halides is 3. The zero-order chi connectivity index (χ0) is 15.5. The van der Waals surface area contributed by atoms with Crippen LogP contribution in [0, 0.1) is 0 Å². The van der Waals surface area contributed by atoms with Gasteiger partial charge in [0, 0.05) is 31.4 Å². The van der Waals surface area contributed by atoms with Crippen molar-refractivity contribution in [2.24, 2.45) is 0 Å².